The Hall–Kier alpha value is -0.580. The van der Waals surface area contributed by atoms with Gasteiger partial charge in [-0.25, -0.2) is 0 Å². The van der Waals surface area contributed by atoms with Gasteiger partial charge in [0.1, 0.15) is 4.88 Å². The van der Waals surface area contributed by atoms with Crippen molar-refractivity contribution in [3.63, 3.8) is 0 Å². The van der Waals surface area contributed by atoms with Crippen molar-refractivity contribution < 1.29 is 4.79 Å². The van der Waals surface area contributed by atoms with E-state index in [1.807, 2.05) is 12.3 Å². The number of hydrogen-bond donors (Lipinski definition) is 2. The third-order valence-corrected chi connectivity index (χ3v) is 4.45. The molecular formula is C12H17ClN2OS. The minimum Gasteiger partial charge on any atom is -0.351 e. The molecule has 0 aliphatic heterocycles. The van der Waals surface area contributed by atoms with Crippen LogP contribution in [0.3, 0.4) is 0 Å². The summed E-state index contributed by atoms with van der Waals surface area (Å²) < 4.78 is 0. The fourth-order valence-corrected chi connectivity index (χ4v) is 2.74. The first kappa shape index (κ1) is 12.9. The van der Waals surface area contributed by atoms with Gasteiger partial charge in [0.25, 0.3) is 5.91 Å². The molecule has 1 saturated carbocycles. The molecule has 0 saturated heterocycles. The second-order valence-corrected chi connectivity index (χ2v) is 5.66. The molecular weight excluding hydrogens is 256 g/mol. The first-order chi connectivity index (χ1) is 8.18. The molecule has 1 fully saturated rings. The normalized spacial score (nSPS) is 14.9. The van der Waals surface area contributed by atoms with Gasteiger partial charge in [0.15, 0.2) is 0 Å². The van der Waals surface area contributed by atoms with E-state index in [1.165, 1.54) is 24.2 Å². The second kappa shape index (κ2) is 5.85. The van der Waals surface area contributed by atoms with E-state index in [4.69, 9.17) is 11.6 Å². The number of nitrogens with one attached hydrogen (secondary N) is 2. The summed E-state index contributed by atoms with van der Waals surface area (Å²) in [6.45, 7) is 3.59. The third-order valence-electron chi connectivity index (χ3n) is 2.75. The fraction of sp³-hybridized carbons (Fsp3) is 0.583. The van der Waals surface area contributed by atoms with Crippen molar-refractivity contribution in [3.05, 3.63) is 20.8 Å². The quantitative estimate of drug-likeness (QED) is 0.782. The molecule has 3 nitrogen and oxygen atoms in total. The maximum atomic E-state index is 11.8. The molecule has 0 radical (unpaired) electrons. The predicted octanol–water partition coefficient (Wildman–Crippen LogP) is 2.58. The van der Waals surface area contributed by atoms with Crippen LogP contribution in [-0.4, -0.2) is 25.0 Å². The SMILES string of the molecule is Cc1csc(C(=O)NCCCNC2CC2)c1Cl. The van der Waals surface area contributed by atoms with Crippen molar-refractivity contribution in [2.24, 2.45) is 0 Å². The Morgan fingerprint density at radius 1 is 1.53 bits per heavy atom. The molecule has 0 atom stereocenters. The van der Waals surface area contributed by atoms with Crippen LogP contribution < -0.4 is 10.6 Å². The second-order valence-electron chi connectivity index (χ2n) is 4.40. The van der Waals surface area contributed by atoms with Crippen LogP contribution >= 0.6 is 22.9 Å². The van der Waals surface area contributed by atoms with Gasteiger partial charge in [-0.15, -0.1) is 11.3 Å². The molecule has 0 spiro atoms. The standard InChI is InChI=1S/C12H17ClN2OS/c1-8-7-17-11(10(8)13)12(16)15-6-2-5-14-9-3-4-9/h7,9,14H,2-6H2,1H3,(H,15,16). The van der Waals surface area contributed by atoms with Gasteiger partial charge >= 0.3 is 0 Å². The number of rotatable bonds is 6. The summed E-state index contributed by atoms with van der Waals surface area (Å²) >= 11 is 7.43. The summed E-state index contributed by atoms with van der Waals surface area (Å²) in [6, 6.07) is 0.736. The molecule has 0 bridgehead atoms. The van der Waals surface area contributed by atoms with Crippen LogP contribution in [0, 0.1) is 6.92 Å². The van der Waals surface area contributed by atoms with Gasteiger partial charge in [-0.2, -0.15) is 0 Å². The molecule has 2 N–H and O–H groups in total. The number of hydrogen-bond acceptors (Lipinski definition) is 3. The number of thiophene rings is 1. The van der Waals surface area contributed by atoms with Crippen molar-refractivity contribution in [3.8, 4) is 0 Å². The van der Waals surface area contributed by atoms with Gasteiger partial charge in [-0.3, -0.25) is 4.79 Å². The van der Waals surface area contributed by atoms with Gasteiger partial charge in [0.05, 0.1) is 5.02 Å². The predicted molar refractivity (Wildman–Crippen MR) is 72.0 cm³/mol. The van der Waals surface area contributed by atoms with Crippen molar-refractivity contribution in [1.29, 1.82) is 0 Å². The highest BCUT2D eigenvalue weighted by atomic mass is 35.5. The largest absolute Gasteiger partial charge is 0.351 e. The van der Waals surface area contributed by atoms with Crippen LogP contribution in [0.1, 0.15) is 34.5 Å². The lowest BCUT2D eigenvalue weighted by molar-refractivity contribution is 0.0957. The summed E-state index contributed by atoms with van der Waals surface area (Å²) in [5.74, 6) is -0.0560. The first-order valence-corrected chi connectivity index (χ1v) is 7.19. The number of carbonyl (C=O) groups is 1. The van der Waals surface area contributed by atoms with Crippen molar-refractivity contribution in [2.45, 2.75) is 32.2 Å². The average molecular weight is 273 g/mol. The molecule has 5 heteroatoms. The van der Waals surface area contributed by atoms with Gasteiger partial charge in [0.2, 0.25) is 0 Å². The number of aryl methyl sites for hydroxylation is 1. The Kier molecular flexibility index (Phi) is 4.42. The Morgan fingerprint density at radius 3 is 2.88 bits per heavy atom. The molecule has 2 rings (SSSR count). The van der Waals surface area contributed by atoms with Crippen LogP contribution in [0.15, 0.2) is 5.38 Å². The molecule has 1 aromatic heterocycles. The molecule has 0 aromatic carbocycles. The minimum absolute atomic E-state index is 0.0560. The van der Waals surface area contributed by atoms with E-state index in [1.54, 1.807) is 0 Å². The summed E-state index contributed by atoms with van der Waals surface area (Å²) in [6.07, 6.45) is 3.57. The lowest BCUT2D eigenvalue weighted by Crippen LogP contribution is -2.27. The molecule has 1 heterocycles. The molecule has 0 unspecified atom stereocenters. The topological polar surface area (TPSA) is 41.1 Å². The third kappa shape index (κ3) is 3.69. The van der Waals surface area contributed by atoms with Gasteiger partial charge in [-0.1, -0.05) is 11.6 Å². The molecule has 1 aliphatic carbocycles. The summed E-state index contributed by atoms with van der Waals surface area (Å²) in [5.41, 5.74) is 0.970. The van der Waals surface area contributed by atoms with Gasteiger partial charge in [0, 0.05) is 12.6 Å². The van der Waals surface area contributed by atoms with E-state index >= 15 is 0 Å². The zero-order chi connectivity index (χ0) is 12.3. The van der Waals surface area contributed by atoms with E-state index in [-0.39, 0.29) is 5.91 Å². The highest BCUT2D eigenvalue weighted by Gasteiger charge is 2.19. The number of amides is 1. The Morgan fingerprint density at radius 2 is 2.29 bits per heavy atom. The van der Waals surface area contributed by atoms with Crippen LogP contribution in [0.5, 0.6) is 0 Å². The van der Waals surface area contributed by atoms with E-state index < -0.39 is 0 Å². The monoisotopic (exact) mass is 272 g/mol. The van der Waals surface area contributed by atoms with Crippen LogP contribution in [0.2, 0.25) is 5.02 Å². The summed E-state index contributed by atoms with van der Waals surface area (Å²) in [7, 11) is 0. The van der Waals surface area contributed by atoms with Gasteiger partial charge in [-0.05, 0) is 43.7 Å². The van der Waals surface area contributed by atoms with Crippen LogP contribution in [-0.2, 0) is 0 Å². The summed E-state index contributed by atoms with van der Waals surface area (Å²) in [5, 5.41) is 8.80. The van der Waals surface area contributed by atoms with E-state index in [0.717, 1.165) is 24.6 Å². The molecule has 1 aliphatic rings. The lowest BCUT2D eigenvalue weighted by Gasteiger charge is -2.05. The first-order valence-electron chi connectivity index (χ1n) is 5.93. The lowest BCUT2D eigenvalue weighted by atomic mass is 10.3. The zero-order valence-corrected chi connectivity index (χ0v) is 11.5. The number of carbonyl (C=O) groups excluding carboxylic acids is 1. The van der Waals surface area contributed by atoms with Crippen LogP contribution in [0.25, 0.3) is 0 Å². The fourth-order valence-electron chi connectivity index (χ4n) is 1.55. The smallest absolute Gasteiger partial charge is 0.262 e. The molecule has 1 amide bonds. The van der Waals surface area contributed by atoms with Crippen LogP contribution in [0.4, 0.5) is 0 Å². The molecule has 94 valence electrons. The molecule has 1 aromatic rings. The molecule has 17 heavy (non-hydrogen) atoms. The van der Waals surface area contributed by atoms with Crippen molar-refractivity contribution >= 4 is 28.8 Å². The highest BCUT2D eigenvalue weighted by Crippen LogP contribution is 2.26. The average Bonchev–Trinajstić information content (AvgIpc) is 3.06. The Bertz CT molecular complexity index is 401. The van der Waals surface area contributed by atoms with Crippen molar-refractivity contribution in [1.82, 2.24) is 10.6 Å². The van der Waals surface area contributed by atoms with Crippen molar-refractivity contribution in [2.75, 3.05) is 13.1 Å². The summed E-state index contributed by atoms with van der Waals surface area (Å²) in [4.78, 5) is 12.4. The number of halogens is 1. The van der Waals surface area contributed by atoms with E-state index in [2.05, 4.69) is 10.6 Å². The van der Waals surface area contributed by atoms with E-state index in [9.17, 15) is 4.79 Å². The Balaban J connectivity index is 1.67. The van der Waals surface area contributed by atoms with E-state index in [0.29, 0.717) is 16.4 Å². The maximum Gasteiger partial charge on any atom is 0.262 e. The zero-order valence-electron chi connectivity index (χ0n) is 9.88. The van der Waals surface area contributed by atoms with Gasteiger partial charge < -0.3 is 10.6 Å². The maximum absolute atomic E-state index is 11.8. The minimum atomic E-state index is -0.0560. The Labute approximate surface area is 111 Å². The highest BCUT2D eigenvalue weighted by molar-refractivity contribution is 7.13.